The second-order valence-electron chi connectivity index (χ2n) is 7.94. The van der Waals surface area contributed by atoms with Crippen LogP contribution in [0, 0.1) is 11.3 Å². The number of carbonyl (C=O) groups excluding carboxylic acids is 1. The molecule has 3 aromatic rings. The van der Waals surface area contributed by atoms with Crippen LogP contribution in [0.1, 0.15) is 28.3 Å². The third-order valence-corrected chi connectivity index (χ3v) is 6.83. The van der Waals surface area contributed by atoms with Crippen LogP contribution in [0.5, 0.6) is 0 Å². The molecule has 1 saturated heterocycles. The highest BCUT2D eigenvalue weighted by Crippen LogP contribution is 2.29. The number of thioether (sulfide) groups is 1. The van der Waals surface area contributed by atoms with Gasteiger partial charge in [0.2, 0.25) is 5.91 Å². The lowest BCUT2D eigenvalue weighted by Gasteiger charge is -2.39. The van der Waals surface area contributed by atoms with Gasteiger partial charge in [-0.1, -0.05) is 72.8 Å². The Morgan fingerprint density at radius 2 is 1.41 bits per heavy atom. The van der Waals surface area contributed by atoms with Crippen molar-refractivity contribution in [1.82, 2.24) is 9.80 Å². The first-order valence-corrected chi connectivity index (χ1v) is 12.1. The molecule has 1 heterocycles. The van der Waals surface area contributed by atoms with E-state index >= 15 is 0 Å². The van der Waals surface area contributed by atoms with E-state index in [0.29, 0.717) is 11.3 Å². The van der Waals surface area contributed by atoms with Gasteiger partial charge in [-0.15, -0.1) is 11.8 Å². The van der Waals surface area contributed by atoms with Crippen molar-refractivity contribution in [2.24, 2.45) is 0 Å². The van der Waals surface area contributed by atoms with E-state index in [9.17, 15) is 4.79 Å². The standard InChI is InChI=1S/C27H27N3OS/c28-19-22-11-13-23(14-12-22)20-32-21-26(31)29-15-17-30(18-16-29)27(24-7-3-1-4-8-24)25-9-5-2-6-10-25/h1-14,27H,15-18,20-21H2. The van der Waals surface area contributed by atoms with Crippen LogP contribution in [0.25, 0.3) is 0 Å². The number of benzene rings is 3. The van der Waals surface area contributed by atoms with Crippen LogP contribution in [0.3, 0.4) is 0 Å². The van der Waals surface area contributed by atoms with Crippen molar-refractivity contribution in [1.29, 1.82) is 5.26 Å². The Bertz CT molecular complexity index is 1000. The molecule has 0 saturated carbocycles. The van der Waals surface area contributed by atoms with E-state index < -0.39 is 0 Å². The molecule has 0 spiro atoms. The molecule has 3 aromatic carbocycles. The van der Waals surface area contributed by atoms with Crippen LogP contribution in [0.2, 0.25) is 0 Å². The summed E-state index contributed by atoms with van der Waals surface area (Å²) >= 11 is 1.63. The van der Waals surface area contributed by atoms with Gasteiger partial charge in [-0.3, -0.25) is 9.69 Å². The number of piperazine rings is 1. The predicted molar refractivity (Wildman–Crippen MR) is 130 cm³/mol. The molecule has 0 N–H and O–H groups in total. The van der Waals surface area contributed by atoms with Crippen molar-refractivity contribution in [3.05, 3.63) is 107 Å². The molecule has 0 unspecified atom stereocenters. The van der Waals surface area contributed by atoms with Crippen LogP contribution >= 0.6 is 11.8 Å². The van der Waals surface area contributed by atoms with Gasteiger partial charge in [0.25, 0.3) is 0 Å². The lowest BCUT2D eigenvalue weighted by Crippen LogP contribution is -2.50. The first-order chi connectivity index (χ1) is 15.7. The van der Waals surface area contributed by atoms with Crippen molar-refractivity contribution in [3.8, 4) is 6.07 Å². The molecule has 0 atom stereocenters. The van der Waals surface area contributed by atoms with Gasteiger partial charge in [-0.2, -0.15) is 5.26 Å². The van der Waals surface area contributed by atoms with E-state index in [-0.39, 0.29) is 11.9 Å². The summed E-state index contributed by atoms with van der Waals surface area (Å²) in [5.41, 5.74) is 4.38. The summed E-state index contributed by atoms with van der Waals surface area (Å²) in [6, 6.07) is 31.2. The topological polar surface area (TPSA) is 47.3 Å². The van der Waals surface area contributed by atoms with Gasteiger partial charge in [0.05, 0.1) is 23.4 Å². The van der Waals surface area contributed by atoms with E-state index in [4.69, 9.17) is 5.26 Å². The summed E-state index contributed by atoms with van der Waals surface area (Å²) < 4.78 is 0. The molecular formula is C27H27N3OS. The molecule has 5 heteroatoms. The molecule has 162 valence electrons. The molecule has 0 aliphatic carbocycles. The first-order valence-electron chi connectivity index (χ1n) is 10.9. The highest BCUT2D eigenvalue weighted by Gasteiger charge is 2.27. The van der Waals surface area contributed by atoms with Gasteiger partial charge < -0.3 is 4.90 Å². The van der Waals surface area contributed by atoms with Crippen molar-refractivity contribution in [2.45, 2.75) is 11.8 Å². The quantitative estimate of drug-likeness (QED) is 0.532. The summed E-state index contributed by atoms with van der Waals surface area (Å²) in [7, 11) is 0. The Morgan fingerprint density at radius 1 is 0.844 bits per heavy atom. The Labute approximate surface area is 194 Å². The van der Waals surface area contributed by atoms with E-state index in [2.05, 4.69) is 71.6 Å². The second-order valence-corrected chi connectivity index (χ2v) is 8.93. The van der Waals surface area contributed by atoms with E-state index in [0.717, 1.165) is 37.5 Å². The predicted octanol–water partition coefficient (Wildman–Crippen LogP) is 4.73. The largest absolute Gasteiger partial charge is 0.339 e. The lowest BCUT2D eigenvalue weighted by molar-refractivity contribution is -0.130. The van der Waals surface area contributed by atoms with Gasteiger partial charge in [0, 0.05) is 31.9 Å². The lowest BCUT2D eigenvalue weighted by atomic mass is 9.96. The van der Waals surface area contributed by atoms with Gasteiger partial charge in [-0.05, 0) is 28.8 Å². The number of hydrogen-bond acceptors (Lipinski definition) is 4. The SMILES string of the molecule is N#Cc1ccc(CSCC(=O)N2CCN(C(c3ccccc3)c3ccccc3)CC2)cc1. The molecule has 1 aliphatic rings. The first kappa shape index (κ1) is 22.1. The molecule has 0 aromatic heterocycles. The zero-order valence-electron chi connectivity index (χ0n) is 18.1. The Morgan fingerprint density at radius 3 is 1.94 bits per heavy atom. The van der Waals surface area contributed by atoms with Gasteiger partial charge >= 0.3 is 0 Å². The summed E-state index contributed by atoms with van der Waals surface area (Å²) in [5, 5.41) is 8.90. The molecular weight excluding hydrogens is 414 g/mol. The average Bonchev–Trinajstić information content (AvgIpc) is 2.86. The Balaban J connectivity index is 1.32. The van der Waals surface area contributed by atoms with E-state index in [1.54, 1.807) is 11.8 Å². The number of nitrogens with zero attached hydrogens (tertiary/aromatic N) is 3. The Kier molecular flexibility index (Phi) is 7.60. The van der Waals surface area contributed by atoms with Crippen LogP contribution in [-0.2, 0) is 10.5 Å². The van der Waals surface area contributed by atoms with Crippen LogP contribution in [-0.4, -0.2) is 47.6 Å². The van der Waals surface area contributed by atoms with Crippen molar-refractivity contribution in [2.75, 3.05) is 31.9 Å². The minimum atomic E-state index is 0.208. The van der Waals surface area contributed by atoms with Gasteiger partial charge in [0.15, 0.2) is 0 Å². The maximum absolute atomic E-state index is 12.7. The number of nitriles is 1. The van der Waals surface area contributed by atoms with Crippen LogP contribution in [0.4, 0.5) is 0 Å². The molecule has 4 nitrogen and oxygen atoms in total. The fourth-order valence-corrected chi connectivity index (χ4v) is 5.02. The third-order valence-electron chi connectivity index (χ3n) is 5.84. The maximum atomic E-state index is 12.7. The zero-order chi connectivity index (χ0) is 22.2. The molecule has 32 heavy (non-hydrogen) atoms. The summed E-state index contributed by atoms with van der Waals surface area (Å²) in [4.78, 5) is 17.2. The van der Waals surface area contributed by atoms with E-state index in [1.807, 2.05) is 29.2 Å². The summed E-state index contributed by atoms with van der Waals surface area (Å²) in [5.74, 6) is 1.47. The minimum Gasteiger partial charge on any atom is -0.339 e. The fourth-order valence-electron chi connectivity index (χ4n) is 4.14. The highest BCUT2D eigenvalue weighted by molar-refractivity contribution is 7.99. The van der Waals surface area contributed by atoms with Crippen LogP contribution in [0.15, 0.2) is 84.9 Å². The zero-order valence-corrected chi connectivity index (χ0v) is 18.9. The molecule has 1 aliphatic heterocycles. The summed E-state index contributed by atoms with van der Waals surface area (Å²) in [6.45, 7) is 3.24. The third kappa shape index (κ3) is 5.59. The smallest absolute Gasteiger partial charge is 0.232 e. The molecule has 4 rings (SSSR count). The molecule has 0 bridgehead atoms. The minimum absolute atomic E-state index is 0.208. The molecule has 1 amide bonds. The average molecular weight is 442 g/mol. The highest BCUT2D eigenvalue weighted by atomic mass is 32.2. The number of amides is 1. The fraction of sp³-hybridized carbons (Fsp3) is 0.259. The van der Waals surface area contributed by atoms with E-state index in [1.165, 1.54) is 11.1 Å². The maximum Gasteiger partial charge on any atom is 0.232 e. The van der Waals surface area contributed by atoms with Gasteiger partial charge in [-0.25, -0.2) is 0 Å². The monoisotopic (exact) mass is 441 g/mol. The summed E-state index contributed by atoms with van der Waals surface area (Å²) in [6.07, 6.45) is 0. The van der Waals surface area contributed by atoms with Crippen molar-refractivity contribution in [3.63, 3.8) is 0 Å². The molecule has 1 fully saturated rings. The second kappa shape index (κ2) is 11.0. The Hall–Kier alpha value is -3.07. The normalized spacial score (nSPS) is 14.3. The molecule has 0 radical (unpaired) electrons. The number of carbonyl (C=O) groups is 1. The number of rotatable bonds is 7. The number of hydrogen-bond donors (Lipinski definition) is 0. The van der Waals surface area contributed by atoms with Crippen LogP contribution < -0.4 is 0 Å². The van der Waals surface area contributed by atoms with Crippen molar-refractivity contribution < 1.29 is 4.79 Å². The van der Waals surface area contributed by atoms with Crippen molar-refractivity contribution >= 4 is 17.7 Å². The van der Waals surface area contributed by atoms with Gasteiger partial charge in [0.1, 0.15) is 0 Å².